The molecule has 2 aromatic carbocycles. The molecule has 2 heterocycles. The second-order valence-electron chi connectivity index (χ2n) is 7.26. The van der Waals surface area contributed by atoms with Crippen LogP contribution in [0, 0.1) is 0 Å². The van der Waals surface area contributed by atoms with Gasteiger partial charge in [0, 0.05) is 13.0 Å². The Morgan fingerprint density at radius 2 is 1.81 bits per heavy atom. The first-order valence-corrected chi connectivity index (χ1v) is 10.3. The van der Waals surface area contributed by atoms with Gasteiger partial charge in [-0.2, -0.15) is 0 Å². The van der Waals surface area contributed by atoms with Gasteiger partial charge in [0.15, 0.2) is 5.76 Å². The van der Waals surface area contributed by atoms with E-state index in [1.165, 1.54) is 6.26 Å². The van der Waals surface area contributed by atoms with Gasteiger partial charge < -0.3 is 14.3 Å². The minimum atomic E-state index is -0.796. The summed E-state index contributed by atoms with van der Waals surface area (Å²) in [5.41, 5.74) is 2.70. The Hall–Kier alpha value is -3.87. The Balaban J connectivity index is 1.60. The second kappa shape index (κ2) is 9.30. The van der Waals surface area contributed by atoms with E-state index in [0.717, 1.165) is 29.6 Å². The van der Waals surface area contributed by atoms with E-state index in [1.807, 2.05) is 59.2 Å². The van der Waals surface area contributed by atoms with Crippen LogP contribution in [0.1, 0.15) is 29.5 Å². The fourth-order valence-corrected chi connectivity index (χ4v) is 3.51. The Bertz CT molecular complexity index is 1170. The Kier molecular flexibility index (Phi) is 6.12. The number of nitrogens with zero attached hydrogens (tertiary/aromatic N) is 2. The van der Waals surface area contributed by atoms with Crippen molar-refractivity contribution in [1.82, 2.24) is 14.9 Å². The van der Waals surface area contributed by atoms with Crippen LogP contribution in [0.25, 0.3) is 11.0 Å². The molecular formula is C24H24N4O3. The van der Waals surface area contributed by atoms with E-state index in [-0.39, 0.29) is 11.7 Å². The lowest BCUT2D eigenvalue weighted by atomic mass is 10.1. The molecule has 158 valence electrons. The van der Waals surface area contributed by atoms with Crippen molar-refractivity contribution in [2.24, 2.45) is 0 Å². The lowest BCUT2D eigenvalue weighted by Gasteiger charge is -2.18. The second-order valence-corrected chi connectivity index (χ2v) is 7.26. The number of imidazole rings is 1. The van der Waals surface area contributed by atoms with Crippen molar-refractivity contribution in [3.63, 3.8) is 0 Å². The maximum absolute atomic E-state index is 13.2. The fraction of sp³-hybridized carbons (Fsp3) is 0.208. The number of aryl methyl sites for hydroxylation is 1. The predicted octanol–water partition coefficient (Wildman–Crippen LogP) is 4.02. The van der Waals surface area contributed by atoms with E-state index in [4.69, 9.17) is 4.42 Å². The van der Waals surface area contributed by atoms with Gasteiger partial charge in [-0.25, -0.2) is 4.98 Å². The minimum Gasteiger partial charge on any atom is -0.459 e. The summed E-state index contributed by atoms with van der Waals surface area (Å²) in [5.74, 6) is -0.151. The molecule has 0 aliphatic rings. The molecule has 2 N–H and O–H groups in total. The minimum absolute atomic E-state index is 0.157. The summed E-state index contributed by atoms with van der Waals surface area (Å²) in [7, 11) is 0. The third-order valence-corrected chi connectivity index (χ3v) is 4.99. The molecular weight excluding hydrogens is 392 g/mol. The number of fused-ring (bicyclic) bond motifs is 1. The van der Waals surface area contributed by atoms with Crippen LogP contribution in [0.3, 0.4) is 0 Å². The topological polar surface area (TPSA) is 89.2 Å². The van der Waals surface area contributed by atoms with E-state index in [0.29, 0.717) is 12.4 Å². The van der Waals surface area contributed by atoms with Crippen LogP contribution in [0.5, 0.6) is 0 Å². The number of nitrogens with one attached hydrogen (secondary N) is 2. The van der Waals surface area contributed by atoms with E-state index < -0.39 is 11.9 Å². The summed E-state index contributed by atoms with van der Waals surface area (Å²) >= 11 is 0. The number of para-hydroxylation sites is 2. The lowest BCUT2D eigenvalue weighted by molar-refractivity contribution is -0.118. The zero-order valence-corrected chi connectivity index (χ0v) is 17.2. The zero-order chi connectivity index (χ0) is 21.6. The molecule has 2 amide bonds. The first-order valence-electron chi connectivity index (χ1n) is 10.3. The van der Waals surface area contributed by atoms with Crippen molar-refractivity contribution in [1.29, 1.82) is 0 Å². The maximum Gasteiger partial charge on any atom is 0.287 e. The molecule has 31 heavy (non-hydrogen) atoms. The number of benzene rings is 2. The lowest BCUT2D eigenvalue weighted by Crippen LogP contribution is -2.45. The molecule has 0 spiro atoms. The number of furan rings is 1. The molecule has 1 atom stereocenters. The molecule has 1 unspecified atom stereocenters. The molecule has 0 bridgehead atoms. The largest absolute Gasteiger partial charge is 0.459 e. The van der Waals surface area contributed by atoms with Gasteiger partial charge in [0.2, 0.25) is 11.9 Å². The number of carbonyl (C=O) groups excluding carboxylic acids is 2. The first kappa shape index (κ1) is 20.4. The van der Waals surface area contributed by atoms with Crippen molar-refractivity contribution >= 4 is 28.8 Å². The third kappa shape index (κ3) is 4.66. The molecule has 0 fully saturated rings. The van der Waals surface area contributed by atoms with Crippen molar-refractivity contribution in [2.45, 2.75) is 32.4 Å². The van der Waals surface area contributed by atoms with Crippen LogP contribution in [0.4, 0.5) is 5.95 Å². The zero-order valence-electron chi connectivity index (χ0n) is 17.2. The highest BCUT2D eigenvalue weighted by Gasteiger charge is 2.25. The average Bonchev–Trinajstić information content (AvgIpc) is 3.43. The van der Waals surface area contributed by atoms with Crippen LogP contribution in [-0.4, -0.2) is 27.4 Å². The smallest absolute Gasteiger partial charge is 0.287 e. The molecule has 0 aliphatic carbocycles. The van der Waals surface area contributed by atoms with Gasteiger partial charge in [-0.05, 0) is 36.2 Å². The Labute approximate surface area is 180 Å². The monoisotopic (exact) mass is 416 g/mol. The van der Waals surface area contributed by atoms with Gasteiger partial charge in [-0.15, -0.1) is 0 Å². The third-order valence-electron chi connectivity index (χ3n) is 4.99. The predicted molar refractivity (Wildman–Crippen MR) is 119 cm³/mol. The van der Waals surface area contributed by atoms with E-state index >= 15 is 0 Å². The SMILES string of the molecule is CCCn1c(NC(=O)C(Cc2ccccc2)NC(=O)c2ccco2)nc2ccccc21. The normalized spacial score (nSPS) is 11.9. The number of carbonyl (C=O) groups is 2. The van der Waals surface area contributed by atoms with E-state index in [2.05, 4.69) is 22.5 Å². The summed E-state index contributed by atoms with van der Waals surface area (Å²) in [4.78, 5) is 30.4. The number of amides is 2. The van der Waals surface area contributed by atoms with Crippen LogP contribution in [0.15, 0.2) is 77.4 Å². The van der Waals surface area contributed by atoms with Crippen LogP contribution in [-0.2, 0) is 17.8 Å². The summed E-state index contributed by atoms with van der Waals surface area (Å²) in [6.45, 7) is 2.79. The molecule has 2 aromatic heterocycles. The fourth-order valence-electron chi connectivity index (χ4n) is 3.51. The first-order chi connectivity index (χ1) is 15.2. The van der Waals surface area contributed by atoms with Gasteiger partial charge >= 0.3 is 0 Å². The molecule has 0 aliphatic heterocycles. The molecule has 0 radical (unpaired) electrons. The Morgan fingerprint density at radius 3 is 2.55 bits per heavy atom. The highest BCUT2D eigenvalue weighted by atomic mass is 16.3. The highest BCUT2D eigenvalue weighted by molar-refractivity contribution is 6.00. The van der Waals surface area contributed by atoms with Crippen LogP contribution < -0.4 is 10.6 Å². The maximum atomic E-state index is 13.2. The summed E-state index contributed by atoms with van der Waals surface area (Å²) in [6, 6.07) is 19.7. The quantitative estimate of drug-likeness (QED) is 0.454. The van der Waals surface area contributed by atoms with Crippen LogP contribution in [0.2, 0.25) is 0 Å². The molecule has 4 rings (SSSR count). The number of aromatic nitrogens is 2. The summed E-state index contributed by atoms with van der Waals surface area (Å²) in [6.07, 6.45) is 2.66. The number of hydrogen-bond acceptors (Lipinski definition) is 4. The van der Waals surface area contributed by atoms with E-state index in [9.17, 15) is 9.59 Å². The Morgan fingerprint density at radius 1 is 1.03 bits per heavy atom. The molecule has 7 heteroatoms. The van der Waals surface area contributed by atoms with E-state index in [1.54, 1.807) is 12.1 Å². The van der Waals surface area contributed by atoms with Gasteiger partial charge in [0.1, 0.15) is 6.04 Å². The standard InChI is InChI=1S/C24H24N4O3/c1-2-14-28-20-12-7-6-11-18(20)26-24(28)27-22(29)19(16-17-9-4-3-5-10-17)25-23(30)21-13-8-15-31-21/h3-13,15,19H,2,14,16H2,1H3,(H,25,30)(H,26,27,29). The van der Waals surface area contributed by atoms with Crippen molar-refractivity contribution < 1.29 is 14.0 Å². The van der Waals surface area contributed by atoms with Gasteiger partial charge in [-0.3, -0.25) is 14.9 Å². The summed E-state index contributed by atoms with van der Waals surface area (Å²) < 4.78 is 7.16. The van der Waals surface area contributed by atoms with Gasteiger partial charge in [-0.1, -0.05) is 49.4 Å². The van der Waals surface area contributed by atoms with Gasteiger partial charge in [0.25, 0.3) is 5.91 Å². The number of anilines is 1. The van der Waals surface area contributed by atoms with Crippen molar-refractivity contribution in [3.8, 4) is 0 Å². The highest BCUT2D eigenvalue weighted by Crippen LogP contribution is 2.20. The molecule has 4 aromatic rings. The average molecular weight is 416 g/mol. The van der Waals surface area contributed by atoms with Crippen molar-refractivity contribution in [2.75, 3.05) is 5.32 Å². The van der Waals surface area contributed by atoms with Crippen LogP contribution >= 0.6 is 0 Å². The number of rotatable bonds is 8. The van der Waals surface area contributed by atoms with Gasteiger partial charge in [0.05, 0.1) is 17.3 Å². The summed E-state index contributed by atoms with van der Waals surface area (Å²) in [5, 5.41) is 5.71. The van der Waals surface area contributed by atoms with Crippen molar-refractivity contribution in [3.05, 3.63) is 84.3 Å². The molecule has 0 saturated carbocycles. The number of hydrogen-bond donors (Lipinski definition) is 2. The molecule has 7 nitrogen and oxygen atoms in total. The molecule has 0 saturated heterocycles.